The van der Waals surface area contributed by atoms with Crippen molar-refractivity contribution in [2.24, 2.45) is 0 Å². The Bertz CT molecular complexity index is 610. The number of hydrogen-bond donors (Lipinski definition) is 1. The largest absolute Gasteiger partial charge is 0.372 e. The van der Waals surface area contributed by atoms with E-state index >= 15 is 0 Å². The lowest BCUT2D eigenvalue weighted by Gasteiger charge is -2.20. The molecule has 0 spiro atoms. The minimum Gasteiger partial charge on any atom is -0.372 e. The summed E-state index contributed by atoms with van der Waals surface area (Å²) in [4.78, 5) is 11.9. The van der Waals surface area contributed by atoms with Gasteiger partial charge in [0.15, 0.2) is 0 Å². The second kappa shape index (κ2) is 8.26. The molecule has 0 aromatic heterocycles. The van der Waals surface area contributed by atoms with E-state index in [1.807, 2.05) is 0 Å². The minimum atomic E-state index is -3.56. The summed E-state index contributed by atoms with van der Waals surface area (Å²) in [6.07, 6.45) is 0. The first-order chi connectivity index (χ1) is 10.4. The monoisotopic (exact) mass is 328 g/mol. The van der Waals surface area contributed by atoms with Gasteiger partial charge in [0.05, 0.1) is 4.90 Å². The average molecular weight is 328 g/mol. The van der Waals surface area contributed by atoms with Crippen molar-refractivity contribution in [2.45, 2.75) is 32.6 Å². The molecule has 22 heavy (non-hydrogen) atoms. The minimum absolute atomic E-state index is 0.0531. The number of benzene rings is 1. The highest BCUT2D eigenvalue weighted by molar-refractivity contribution is 7.89. The Hall–Kier alpha value is -1.44. The Morgan fingerprint density at radius 1 is 1.23 bits per heavy atom. The maximum absolute atomic E-state index is 12.6. The van der Waals surface area contributed by atoms with Gasteiger partial charge in [-0.3, -0.25) is 4.79 Å². The maximum atomic E-state index is 12.6. The molecule has 0 aliphatic rings. The van der Waals surface area contributed by atoms with Gasteiger partial charge in [0.25, 0.3) is 0 Å². The van der Waals surface area contributed by atoms with Crippen LogP contribution in [0.1, 0.15) is 26.3 Å². The van der Waals surface area contributed by atoms with Gasteiger partial charge in [-0.25, -0.2) is 8.42 Å². The molecule has 0 fully saturated rings. The molecule has 0 aliphatic heterocycles. The van der Waals surface area contributed by atoms with Gasteiger partial charge in [-0.1, -0.05) is 19.9 Å². The van der Waals surface area contributed by atoms with Crippen molar-refractivity contribution in [3.05, 3.63) is 23.8 Å². The van der Waals surface area contributed by atoms with E-state index in [2.05, 4.69) is 5.32 Å². The van der Waals surface area contributed by atoms with Gasteiger partial charge in [0.2, 0.25) is 15.9 Å². The fourth-order valence-corrected chi connectivity index (χ4v) is 3.76. The summed E-state index contributed by atoms with van der Waals surface area (Å²) >= 11 is 0. The van der Waals surface area contributed by atoms with Crippen molar-refractivity contribution in [3.63, 3.8) is 0 Å². The van der Waals surface area contributed by atoms with E-state index in [0.29, 0.717) is 30.9 Å². The molecule has 1 aromatic carbocycles. The fourth-order valence-electron chi connectivity index (χ4n) is 2.05. The number of amides is 1. The van der Waals surface area contributed by atoms with Crippen molar-refractivity contribution in [1.29, 1.82) is 0 Å². The van der Waals surface area contributed by atoms with Crippen LogP contribution in [0.3, 0.4) is 0 Å². The van der Waals surface area contributed by atoms with Crippen LogP contribution in [-0.2, 0) is 19.6 Å². The fraction of sp³-hybridized carbons (Fsp3) is 0.533. The summed E-state index contributed by atoms with van der Waals surface area (Å²) in [6, 6.07) is 4.86. The normalized spacial score (nSPS) is 11.7. The number of sulfonamides is 1. The molecule has 0 aliphatic carbocycles. The zero-order chi connectivity index (χ0) is 16.8. The molecule has 1 rings (SSSR count). The average Bonchev–Trinajstić information content (AvgIpc) is 2.48. The van der Waals surface area contributed by atoms with E-state index in [9.17, 15) is 13.2 Å². The molecule has 124 valence electrons. The van der Waals surface area contributed by atoms with Crippen LogP contribution in [0, 0.1) is 6.92 Å². The molecule has 0 saturated carbocycles. The molecule has 1 N–H and O–H groups in total. The van der Waals surface area contributed by atoms with Crippen LogP contribution in [0.4, 0.5) is 5.69 Å². The zero-order valence-electron chi connectivity index (χ0n) is 13.5. The molecule has 0 atom stereocenters. The third-order valence-electron chi connectivity index (χ3n) is 3.23. The Kier molecular flexibility index (Phi) is 6.99. The Morgan fingerprint density at radius 2 is 1.86 bits per heavy atom. The molecule has 0 bridgehead atoms. The van der Waals surface area contributed by atoms with Crippen molar-refractivity contribution in [2.75, 3.05) is 31.6 Å². The van der Waals surface area contributed by atoms with E-state index in [0.717, 1.165) is 0 Å². The highest BCUT2D eigenvalue weighted by Crippen LogP contribution is 2.23. The SMILES string of the molecule is CCOCC(=O)Nc1ccc(C)c(S(=O)(=O)N(CC)CC)c1. The lowest BCUT2D eigenvalue weighted by atomic mass is 10.2. The van der Waals surface area contributed by atoms with E-state index in [-0.39, 0.29) is 17.4 Å². The summed E-state index contributed by atoms with van der Waals surface area (Å²) in [5, 5.41) is 2.64. The standard InChI is InChI=1S/C15H24N2O4S/c1-5-17(6-2)22(19,20)14-10-13(9-8-12(14)4)16-15(18)11-21-7-3/h8-10H,5-7,11H2,1-4H3,(H,16,18). The van der Waals surface area contributed by atoms with E-state index in [1.54, 1.807) is 39.8 Å². The predicted octanol–water partition coefficient (Wildman–Crippen LogP) is 2.00. The van der Waals surface area contributed by atoms with Gasteiger partial charge in [-0.15, -0.1) is 0 Å². The molecule has 0 saturated heterocycles. The summed E-state index contributed by atoms with van der Waals surface area (Å²) in [6.45, 7) is 8.33. The van der Waals surface area contributed by atoms with Gasteiger partial charge in [-0.2, -0.15) is 4.31 Å². The molecule has 1 aromatic rings. The van der Waals surface area contributed by atoms with Gasteiger partial charge in [0, 0.05) is 25.4 Å². The van der Waals surface area contributed by atoms with Gasteiger partial charge in [-0.05, 0) is 31.5 Å². The summed E-state index contributed by atoms with van der Waals surface area (Å²) in [5.74, 6) is -0.308. The van der Waals surface area contributed by atoms with Crippen LogP contribution in [0.25, 0.3) is 0 Å². The third kappa shape index (κ3) is 4.53. The number of carbonyl (C=O) groups is 1. The second-order valence-electron chi connectivity index (χ2n) is 4.75. The highest BCUT2D eigenvalue weighted by Gasteiger charge is 2.24. The molecule has 0 radical (unpaired) electrons. The van der Waals surface area contributed by atoms with Gasteiger partial charge < -0.3 is 10.1 Å². The number of anilines is 1. The summed E-state index contributed by atoms with van der Waals surface area (Å²) in [7, 11) is -3.56. The molecule has 0 unspecified atom stereocenters. The van der Waals surface area contributed by atoms with Crippen molar-refractivity contribution < 1.29 is 17.9 Å². The van der Waals surface area contributed by atoms with Crippen LogP contribution in [0.5, 0.6) is 0 Å². The van der Waals surface area contributed by atoms with Crippen LogP contribution in [-0.4, -0.2) is 44.9 Å². The van der Waals surface area contributed by atoms with Crippen LogP contribution < -0.4 is 5.32 Å². The number of nitrogens with zero attached hydrogens (tertiary/aromatic N) is 1. The Morgan fingerprint density at radius 3 is 2.41 bits per heavy atom. The topological polar surface area (TPSA) is 75.7 Å². The van der Waals surface area contributed by atoms with Crippen molar-refractivity contribution in [1.82, 2.24) is 4.31 Å². The first kappa shape index (κ1) is 18.6. The van der Waals surface area contributed by atoms with E-state index in [4.69, 9.17) is 4.74 Å². The third-order valence-corrected chi connectivity index (χ3v) is 5.42. The quantitative estimate of drug-likeness (QED) is 0.792. The first-order valence-corrected chi connectivity index (χ1v) is 8.79. The van der Waals surface area contributed by atoms with Crippen molar-refractivity contribution in [3.8, 4) is 0 Å². The lowest BCUT2D eigenvalue weighted by Crippen LogP contribution is -2.31. The first-order valence-electron chi connectivity index (χ1n) is 7.35. The zero-order valence-corrected chi connectivity index (χ0v) is 14.4. The maximum Gasteiger partial charge on any atom is 0.250 e. The van der Waals surface area contributed by atoms with E-state index < -0.39 is 10.0 Å². The number of carbonyl (C=O) groups excluding carboxylic acids is 1. The van der Waals surface area contributed by atoms with Crippen LogP contribution >= 0.6 is 0 Å². The lowest BCUT2D eigenvalue weighted by molar-refractivity contribution is -0.120. The van der Waals surface area contributed by atoms with Crippen LogP contribution in [0.2, 0.25) is 0 Å². The smallest absolute Gasteiger partial charge is 0.250 e. The summed E-state index contributed by atoms with van der Waals surface area (Å²) in [5.41, 5.74) is 1.09. The Labute approximate surface area is 132 Å². The molecule has 0 heterocycles. The molecule has 6 nitrogen and oxygen atoms in total. The summed E-state index contributed by atoms with van der Waals surface area (Å²) < 4.78 is 31.6. The number of hydrogen-bond acceptors (Lipinski definition) is 4. The van der Waals surface area contributed by atoms with Gasteiger partial charge >= 0.3 is 0 Å². The van der Waals surface area contributed by atoms with Gasteiger partial charge in [0.1, 0.15) is 6.61 Å². The number of ether oxygens (including phenoxy) is 1. The Balaban J connectivity index is 3.07. The second-order valence-corrected chi connectivity index (χ2v) is 6.66. The van der Waals surface area contributed by atoms with E-state index in [1.165, 1.54) is 10.4 Å². The molecular weight excluding hydrogens is 304 g/mol. The molecule has 7 heteroatoms. The van der Waals surface area contributed by atoms with Crippen molar-refractivity contribution >= 4 is 21.6 Å². The molecular formula is C15H24N2O4S. The molecule has 1 amide bonds. The number of aryl methyl sites for hydroxylation is 1. The number of nitrogens with one attached hydrogen (secondary N) is 1. The number of rotatable bonds is 8. The van der Waals surface area contributed by atoms with Crippen LogP contribution in [0.15, 0.2) is 23.1 Å². The predicted molar refractivity (Wildman–Crippen MR) is 86.4 cm³/mol. The highest BCUT2D eigenvalue weighted by atomic mass is 32.2.